The zero-order valence-corrected chi connectivity index (χ0v) is 18.2. The van der Waals surface area contributed by atoms with Gasteiger partial charge in [0.05, 0.1) is 0 Å². The molecule has 3 rings (SSSR count). The second-order valence-corrected chi connectivity index (χ2v) is 7.95. The average Bonchev–Trinajstić information content (AvgIpc) is 2.80. The number of rotatable bonds is 9. The summed E-state index contributed by atoms with van der Waals surface area (Å²) in [4.78, 5) is 28.3. The Hall–Kier alpha value is -3.40. The first-order valence-electron chi connectivity index (χ1n) is 10.8. The quantitative estimate of drug-likeness (QED) is 0.548. The van der Waals surface area contributed by atoms with Crippen LogP contribution >= 0.6 is 0 Å². The molecule has 0 fully saturated rings. The van der Waals surface area contributed by atoms with Crippen molar-refractivity contribution >= 4 is 11.8 Å². The summed E-state index contributed by atoms with van der Waals surface area (Å²) in [6, 6.07) is 28.7. The van der Waals surface area contributed by atoms with Gasteiger partial charge in [0.1, 0.15) is 6.04 Å². The van der Waals surface area contributed by atoms with Crippen LogP contribution in [0.5, 0.6) is 0 Å². The van der Waals surface area contributed by atoms with Gasteiger partial charge in [-0.05, 0) is 23.1 Å². The topological polar surface area (TPSA) is 49.4 Å². The van der Waals surface area contributed by atoms with Gasteiger partial charge >= 0.3 is 0 Å². The van der Waals surface area contributed by atoms with E-state index in [1.165, 1.54) is 5.56 Å². The molecule has 2 amide bonds. The van der Waals surface area contributed by atoms with Crippen LogP contribution in [-0.4, -0.2) is 23.3 Å². The van der Waals surface area contributed by atoms with E-state index >= 15 is 0 Å². The maximum absolute atomic E-state index is 13.4. The maximum Gasteiger partial charge on any atom is 0.247 e. The zero-order chi connectivity index (χ0) is 22.1. The number of hydrogen-bond donors (Lipinski definition) is 1. The average molecular weight is 415 g/mol. The molecule has 0 saturated carbocycles. The van der Waals surface area contributed by atoms with E-state index in [0.717, 1.165) is 17.5 Å². The summed E-state index contributed by atoms with van der Waals surface area (Å²) in [5.41, 5.74) is 2.97. The van der Waals surface area contributed by atoms with Crippen molar-refractivity contribution in [2.24, 2.45) is 5.92 Å². The second-order valence-electron chi connectivity index (χ2n) is 7.95. The van der Waals surface area contributed by atoms with Gasteiger partial charge in [-0.1, -0.05) is 105 Å². The monoisotopic (exact) mass is 414 g/mol. The Bertz CT molecular complexity index is 956. The predicted octanol–water partition coefficient (Wildman–Crippen LogP) is 4.77. The smallest absolute Gasteiger partial charge is 0.247 e. The molecule has 0 spiro atoms. The molecule has 0 aliphatic heterocycles. The Morgan fingerprint density at radius 3 is 1.84 bits per heavy atom. The molecule has 160 valence electrons. The fraction of sp³-hybridized carbons (Fsp3) is 0.259. The van der Waals surface area contributed by atoms with E-state index in [-0.39, 0.29) is 17.7 Å². The molecule has 0 bridgehead atoms. The number of carbonyl (C=O) groups is 2. The summed E-state index contributed by atoms with van der Waals surface area (Å²) >= 11 is 0. The molecule has 0 radical (unpaired) electrons. The van der Waals surface area contributed by atoms with Crippen molar-refractivity contribution in [1.82, 2.24) is 10.2 Å². The SMILES string of the molecule is CC(C)C(=O)N(Cc1ccccc1)[C@@H](C(=O)NCCc1ccccc1)c1ccccc1. The lowest BCUT2D eigenvalue weighted by atomic mass is 10.0. The summed E-state index contributed by atoms with van der Waals surface area (Å²) in [5, 5.41) is 3.06. The minimum Gasteiger partial charge on any atom is -0.354 e. The minimum absolute atomic E-state index is 0.0454. The lowest BCUT2D eigenvalue weighted by molar-refractivity contribution is -0.144. The highest BCUT2D eigenvalue weighted by Gasteiger charge is 2.32. The highest BCUT2D eigenvalue weighted by molar-refractivity contribution is 5.89. The third kappa shape index (κ3) is 6.29. The van der Waals surface area contributed by atoms with Crippen molar-refractivity contribution in [3.05, 3.63) is 108 Å². The van der Waals surface area contributed by atoms with E-state index < -0.39 is 6.04 Å². The first-order chi connectivity index (χ1) is 15.1. The van der Waals surface area contributed by atoms with Crippen LogP contribution in [0.4, 0.5) is 0 Å². The number of benzene rings is 3. The molecule has 1 N–H and O–H groups in total. The molecular weight excluding hydrogens is 384 g/mol. The van der Waals surface area contributed by atoms with Crippen molar-refractivity contribution in [3.63, 3.8) is 0 Å². The molecule has 1 atom stereocenters. The van der Waals surface area contributed by atoms with Gasteiger partial charge in [0.2, 0.25) is 11.8 Å². The lowest BCUT2D eigenvalue weighted by Crippen LogP contribution is -2.45. The third-order valence-corrected chi connectivity index (χ3v) is 5.20. The van der Waals surface area contributed by atoms with Crippen LogP contribution in [0.1, 0.15) is 36.6 Å². The Morgan fingerprint density at radius 1 is 0.774 bits per heavy atom. The Balaban J connectivity index is 1.85. The summed E-state index contributed by atoms with van der Waals surface area (Å²) < 4.78 is 0. The molecule has 0 heterocycles. The Morgan fingerprint density at radius 2 is 1.29 bits per heavy atom. The van der Waals surface area contributed by atoms with Crippen LogP contribution in [0.15, 0.2) is 91.0 Å². The molecule has 0 aliphatic carbocycles. The van der Waals surface area contributed by atoms with Crippen LogP contribution in [0, 0.1) is 5.92 Å². The van der Waals surface area contributed by atoms with Crippen LogP contribution in [0.2, 0.25) is 0 Å². The summed E-state index contributed by atoms with van der Waals surface area (Å²) in [5.74, 6) is -0.421. The number of hydrogen-bond acceptors (Lipinski definition) is 2. The third-order valence-electron chi connectivity index (χ3n) is 5.20. The van der Waals surface area contributed by atoms with E-state index in [2.05, 4.69) is 5.32 Å². The number of carbonyl (C=O) groups excluding carboxylic acids is 2. The zero-order valence-electron chi connectivity index (χ0n) is 18.2. The van der Waals surface area contributed by atoms with E-state index in [9.17, 15) is 9.59 Å². The Kier molecular flexibility index (Phi) is 7.99. The van der Waals surface area contributed by atoms with Crippen molar-refractivity contribution in [3.8, 4) is 0 Å². The predicted molar refractivity (Wildman–Crippen MR) is 124 cm³/mol. The van der Waals surface area contributed by atoms with Gasteiger partial charge in [-0.2, -0.15) is 0 Å². The number of nitrogens with one attached hydrogen (secondary N) is 1. The molecule has 31 heavy (non-hydrogen) atoms. The molecule has 4 heteroatoms. The summed E-state index contributed by atoms with van der Waals surface area (Å²) in [7, 11) is 0. The van der Waals surface area contributed by atoms with Gasteiger partial charge in [-0.25, -0.2) is 0 Å². The molecule has 0 unspecified atom stereocenters. The highest BCUT2D eigenvalue weighted by atomic mass is 16.2. The Labute approximate surface area is 184 Å². The fourth-order valence-electron chi connectivity index (χ4n) is 3.59. The lowest BCUT2D eigenvalue weighted by Gasteiger charge is -2.33. The van der Waals surface area contributed by atoms with Gasteiger partial charge in [-0.3, -0.25) is 9.59 Å². The molecule has 0 saturated heterocycles. The normalized spacial score (nSPS) is 11.7. The van der Waals surface area contributed by atoms with Crippen LogP contribution in [-0.2, 0) is 22.6 Å². The molecule has 4 nitrogen and oxygen atoms in total. The van der Waals surface area contributed by atoms with Crippen molar-refractivity contribution in [2.75, 3.05) is 6.54 Å². The van der Waals surface area contributed by atoms with Gasteiger partial charge in [0.25, 0.3) is 0 Å². The fourth-order valence-corrected chi connectivity index (χ4v) is 3.59. The highest BCUT2D eigenvalue weighted by Crippen LogP contribution is 2.25. The second kappa shape index (κ2) is 11.1. The molecule has 0 aromatic heterocycles. The first kappa shape index (κ1) is 22.3. The molecule has 3 aromatic carbocycles. The van der Waals surface area contributed by atoms with Gasteiger partial charge < -0.3 is 10.2 Å². The van der Waals surface area contributed by atoms with E-state index in [0.29, 0.717) is 13.1 Å². The summed E-state index contributed by atoms with van der Waals surface area (Å²) in [6.45, 7) is 4.64. The van der Waals surface area contributed by atoms with E-state index in [1.54, 1.807) is 4.90 Å². The van der Waals surface area contributed by atoms with E-state index in [1.807, 2.05) is 105 Å². The van der Waals surface area contributed by atoms with Crippen LogP contribution < -0.4 is 5.32 Å². The standard InChI is InChI=1S/C27H30N2O2/c1-21(2)27(31)29(20-23-14-8-4-9-15-23)25(24-16-10-5-11-17-24)26(30)28-19-18-22-12-6-3-7-13-22/h3-17,21,25H,18-20H2,1-2H3,(H,28,30)/t25-/m1/s1. The molecular formula is C27H30N2O2. The van der Waals surface area contributed by atoms with Crippen molar-refractivity contribution < 1.29 is 9.59 Å². The van der Waals surface area contributed by atoms with Crippen LogP contribution in [0.25, 0.3) is 0 Å². The maximum atomic E-state index is 13.4. The van der Waals surface area contributed by atoms with Gasteiger partial charge in [0.15, 0.2) is 0 Å². The molecule has 0 aliphatic rings. The molecule has 3 aromatic rings. The number of nitrogens with zero attached hydrogens (tertiary/aromatic N) is 1. The van der Waals surface area contributed by atoms with Gasteiger partial charge in [-0.15, -0.1) is 0 Å². The van der Waals surface area contributed by atoms with Crippen molar-refractivity contribution in [2.45, 2.75) is 32.9 Å². The van der Waals surface area contributed by atoms with Crippen molar-refractivity contribution in [1.29, 1.82) is 0 Å². The largest absolute Gasteiger partial charge is 0.354 e. The van der Waals surface area contributed by atoms with Gasteiger partial charge in [0, 0.05) is 19.0 Å². The van der Waals surface area contributed by atoms with Crippen LogP contribution in [0.3, 0.4) is 0 Å². The summed E-state index contributed by atoms with van der Waals surface area (Å²) in [6.07, 6.45) is 0.741. The van der Waals surface area contributed by atoms with E-state index in [4.69, 9.17) is 0 Å². The minimum atomic E-state index is -0.688. The first-order valence-corrected chi connectivity index (χ1v) is 10.8. The number of amides is 2.